The van der Waals surface area contributed by atoms with Crippen molar-refractivity contribution in [2.24, 2.45) is 0 Å². The zero-order chi connectivity index (χ0) is 7.72. The van der Waals surface area contributed by atoms with Gasteiger partial charge in [0.2, 0.25) is 0 Å². The molecule has 0 saturated carbocycles. The van der Waals surface area contributed by atoms with Gasteiger partial charge in [-0.3, -0.25) is 4.79 Å². The summed E-state index contributed by atoms with van der Waals surface area (Å²) < 4.78 is 0.447. The molecule has 1 rings (SSSR count). The number of hydrogen-bond acceptors (Lipinski definition) is 3. The molecule has 1 heterocycles. The van der Waals surface area contributed by atoms with Crippen molar-refractivity contribution in [1.82, 2.24) is 9.97 Å². The second kappa shape index (κ2) is 2.57. The predicted molar refractivity (Wildman–Crippen MR) is 46.7 cm³/mol. The van der Waals surface area contributed by atoms with Crippen molar-refractivity contribution >= 4 is 28.4 Å². The molecule has 0 aliphatic rings. The first-order chi connectivity index (χ1) is 4.61. The van der Waals surface area contributed by atoms with Crippen LogP contribution < -0.4 is 11.3 Å². The van der Waals surface area contributed by atoms with E-state index in [9.17, 15) is 4.79 Å². The minimum absolute atomic E-state index is 0.175. The summed E-state index contributed by atoms with van der Waals surface area (Å²) in [6, 6.07) is 0. The van der Waals surface area contributed by atoms with E-state index < -0.39 is 0 Å². The lowest BCUT2D eigenvalue weighted by Gasteiger charge is -1.95. The number of rotatable bonds is 0. The fourth-order valence-corrected chi connectivity index (χ4v) is 0.849. The van der Waals surface area contributed by atoms with Crippen LogP contribution in [0.5, 0.6) is 0 Å². The third-order valence-corrected chi connectivity index (χ3v) is 2.05. The van der Waals surface area contributed by atoms with Crippen LogP contribution in [0.15, 0.2) is 4.79 Å². The molecule has 4 nitrogen and oxygen atoms in total. The van der Waals surface area contributed by atoms with Gasteiger partial charge in [0.05, 0.1) is 0 Å². The van der Waals surface area contributed by atoms with Gasteiger partial charge in [-0.05, 0) is 29.5 Å². The summed E-state index contributed by atoms with van der Waals surface area (Å²) in [7, 11) is 0. The van der Waals surface area contributed by atoms with Crippen molar-refractivity contribution in [1.29, 1.82) is 0 Å². The van der Waals surface area contributed by atoms with Crippen LogP contribution in [0.4, 0.5) is 5.82 Å². The monoisotopic (exact) mass is 251 g/mol. The molecule has 0 aromatic carbocycles. The molecule has 1 aromatic rings. The Hall–Kier alpha value is -0.590. The van der Waals surface area contributed by atoms with Crippen LogP contribution in [0.25, 0.3) is 0 Å². The molecule has 0 radical (unpaired) electrons. The van der Waals surface area contributed by atoms with Crippen LogP contribution in [-0.4, -0.2) is 9.97 Å². The minimum atomic E-state index is -0.175. The average molecular weight is 251 g/mol. The molecule has 0 atom stereocenters. The predicted octanol–water partition coefficient (Wildman–Crippen LogP) is 0.265. The van der Waals surface area contributed by atoms with Gasteiger partial charge >= 0.3 is 0 Å². The molecular weight excluding hydrogens is 245 g/mol. The van der Waals surface area contributed by atoms with Crippen LogP contribution in [0.2, 0.25) is 0 Å². The normalized spacial score (nSPS) is 9.80. The third-order valence-electron chi connectivity index (χ3n) is 1.01. The molecule has 54 valence electrons. The lowest BCUT2D eigenvalue weighted by Crippen LogP contribution is -2.15. The molecule has 0 saturated heterocycles. The summed E-state index contributed by atoms with van der Waals surface area (Å²) in [4.78, 5) is 17.3. The maximum atomic E-state index is 10.9. The minimum Gasteiger partial charge on any atom is -0.383 e. The van der Waals surface area contributed by atoms with E-state index in [0.717, 1.165) is 0 Å². The molecule has 0 aliphatic carbocycles. The average Bonchev–Trinajstić information content (AvgIpc) is 1.82. The Morgan fingerprint density at radius 2 is 2.30 bits per heavy atom. The summed E-state index contributed by atoms with van der Waals surface area (Å²) in [6.45, 7) is 1.69. The summed E-state index contributed by atoms with van der Waals surface area (Å²) in [6.07, 6.45) is 0. The van der Waals surface area contributed by atoms with Crippen molar-refractivity contribution in [2.75, 3.05) is 5.73 Å². The zero-order valence-corrected chi connectivity index (χ0v) is 7.47. The number of hydrogen-bond donors (Lipinski definition) is 2. The standard InChI is InChI=1S/C5H6IN3O/c1-2-8-4(7)3(6)5(10)9-2/h1H3,(H3,7,8,9,10). The van der Waals surface area contributed by atoms with Gasteiger partial charge in [-0.25, -0.2) is 4.98 Å². The first-order valence-electron chi connectivity index (χ1n) is 2.63. The van der Waals surface area contributed by atoms with E-state index in [1.807, 2.05) is 22.6 Å². The quantitative estimate of drug-likeness (QED) is 0.650. The summed E-state index contributed by atoms with van der Waals surface area (Å²) >= 11 is 1.85. The molecule has 3 N–H and O–H groups in total. The number of nitrogen functional groups attached to an aromatic ring is 1. The number of anilines is 1. The van der Waals surface area contributed by atoms with E-state index in [0.29, 0.717) is 15.2 Å². The maximum Gasteiger partial charge on any atom is 0.266 e. The number of nitrogens with one attached hydrogen (secondary N) is 1. The highest BCUT2D eigenvalue weighted by atomic mass is 127. The zero-order valence-electron chi connectivity index (χ0n) is 5.31. The van der Waals surface area contributed by atoms with Crippen molar-refractivity contribution in [3.05, 3.63) is 19.7 Å². The summed E-state index contributed by atoms with van der Waals surface area (Å²) in [5.74, 6) is 0.838. The molecule has 10 heavy (non-hydrogen) atoms. The van der Waals surface area contributed by atoms with E-state index >= 15 is 0 Å². The topological polar surface area (TPSA) is 71.8 Å². The number of halogens is 1. The van der Waals surface area contributed by atoms with Gasteiger partial charge in [0.25, 0.3) is 5.56 Å². The largest absolute Gasteiger partial charge is 0.383 e. The number of nitrogens with zero attached hydrogens (tertiary/aromatic N) is 1. The fourth-order valence-electron chi connectivity index (χ4n) is 0.593. The number of aryl methyl sites for hydroxylation is 1. The molecule has 5 heteroatoms. The van der Waals surface area contributed by atoms with Crippen LogP contribution in [0.1, 0.15) is 5.82 Å². The van der Waals surface area contributed by atoms with Crippen molar-refractivity contribution < 1.29 is 0 Å². The highest BCUT2D eigenvalue weighted by Gasteiger charge is 2.00. The molecule has 0 spiro atoms. The molecule has 0 fully saturated rings. The van der Waals surface area contributed by atoms with E-state index in [1.165, 1.54) is 0 Å². The first kappa shape index (κ1) is 7.52. The Balaban J connectivity index is 3.46. The first-order valence-corrected chi connectivity index (χ1v) is 3.71. The van der Waals surface area contributed by atoms with Gasteiger partial charge in [-0.1, -0.05) is 0 Å². The van der Waals surface area contributed by atoms with E-state index in [2.05, 4.69) is 9.97 Å². The lowest BCUT2D eigenvalue weighted by atomic mass is 10.5. The SMILES string of the molecule is Cc1nc(N)c(I)c(=O)[nH]1. The van der Waals surface area contributed by atoms with Crippen LogP contribution in [0.3, 0.4) is 0 Å². The van der Waals surface area contributed by atoms with E-state index in [1.54, 1.807) is 6.92 Å². The second-order valence-corrected chi connectivity index (χ2v) is 2.93. The Labute approximate surface area is 71.0 Å². The summed E-state index contributed by atoms with van der Waals surface area (Å²) in [5.41, 5.74) is 5.21. The van der Waals surface area contributed by atoms with Gasteiger partial charge in [0.15, 0.2) is 0 Å². The number of aromatic amines is 1. The van der Waals surface area contributed by atoms with Crippen LogP contribution in [0, 0.1) is 10.5 Å². The molecular formula is C5H6IN3O. The van der Waals surface area contributed by atoms with Crippen molar-refractivity contribution in [3.63, 3.8) is 0 Å². The molecule has 0 unspecified atom stereocenters. The van der Waals surface area contributed by atoms with Crippen LogP contribution >= 0.6 is 22.6 Å². The van der Waals surface area contributed by atoms with Crippen molar-refractivity contribution in [2.45, 2.75) is 6.92 Å². The number of nitrogens with two attached hydrogens (primary N) is 1. The Morgan fingerprint density at radius 3 is 2.80 bits per heavy atom. The molecule has 0 bridgehead atoms. The summed E-state index contributed by atoms with van der Waals surface area (Å²) in [5, 5.41) is 0. The van der Waals surface area contributed by atoms with E-state index in [-0.39, 0.29) is 5.56 Å². The van der Waals surface area contributed by atoms with Gasteiger partial charge in [-0.15, -0.1) is 0 Å². The molecule has 0 aliphatic heterocycles. The van der Waals surface area contributed by atoms with Gasteiger partial charge in [0.1, 0.15) is 15.2 Å². The van der Waals surface area contributed by atoms with Crippen LogP contribution in [-0.2, 0) is 0 Å². The number of H-pyrrole nitrogens is 1. The highest BCUT2D eigenvalue weighted by Crippen LogP contribution is 2.03. The smallest absolute Gasteiger partial charge is 0.266 e. The van der Waals surface area contributed by atoms with Gasteiger partial charge in [0, 0.05) is 0 Å². The maximum absolute atomic E-state index is 10.9. The number of aromatic nitrogens is 2. The second-order valence-electron chi connectivity index (χ2n) is 1.85. The van der Waals surface area contributed by atoms with Gasteiger partial charge in [-0.2, -0.15) is 0 Å². The molecule has 1 aromatic heterocycles. The lowest BCUT2D eigenvalue weighted by molar-refractivity contribution is 1.01. The Bertz CT molecular complexity index is 306. The third kappa shape index (κ3) is 1.28. The highest BCUT2D eigenvalue weighted by molar-refractivity contribution is 14.1. The Kier molecular flexibility index (Phi) is 1.93. The van der Waals surface area contributed by atoms with E-state index in [4.69, 9.17) is 5.73 Å². The Morgan fingerprint density at radius 1 is 1.70 bits per heavy atom. The van der Waals surface area contributed by atoms with Crippen molar-refractivity contribution in [3.8, 4) is 0 Å². The fraction of sp³-hybridized carbons (Fsp3) is 0.200. The van der Waals surface area contributed by atoms with Gasteiger partial charge < -0.3 is 10.7 Å². The molecule has 0 amide bonds.